The summed E-state index contributed by atoms with van der Waals surface area (Å²) in [5, 5.41) is 0. The van der Waals surface area contributed by atoms with Crippen LogP contribution in [0.4, 0.5) is 0 Å². The lowest BCUT2D eigenvalue weighted by molar-refractivity contribution is 0.201. The first-order chi connectivity index (χ1) is 5.35. The summed E-state index contributed by atoms with van der Waals surface area (Å²) in [5.74, 6) is 1.10. The zero-order valence-corrected chi connectivity index (χ0v) is 7.60. The van der Waals surface area contributed by atoms with E-state index in [9.17, 15) is 0 Å². The van der Waals surface area contributed by atoms with Crippen molar-refractivity contribution in [2.24, 2.45) is 5.73 Å². The van der Waals surface area contributed by atoms with Gasteiger partial charge >= 0.3 is 0 Å². The maximum absolute atomic E-state index is 5.45. The highest BCUT2D eigenvalue weighted by atomic mass is 16.5. The Bertz CT molecular complexity index is 110. The second-order valence-electron chi connectivity index (χ2n) is 2.42. The Hall–Kier alpha value is -0.500. The third-order valence-corrected chi connectivity index (χ3v) is 1.42. The molecule has 0 aliphatic carbocycles. The van der Waals surface area contributed by atoms with Crippen LogP contribution in [-0.2, 0) is 4.74 Å². The maximum Gasteiger partial charge on any atom is 0.0917 e. The maximum atomic E-state index is 5.45. The minimum absolute atomic E-state index is 0.711. The van der Waals surface area contributed by atoms with E-state index in [1.54, 1.807) is 0 Å². The molecule has 0 saturated heterocycles. The summed E-state index contributed by atoms with van der Waals surface area (Å²) in [4.78, 5) is 0. The topological polar surface area (TPSA) is 35.2 Å². The molecule has 0 aliphatic heterocycles. The van der Waals surface area contributed by atoms with E-state index in [1.165, 1.54) is 0 Å². The van der Waals surface area contributed by atoms with E-state index in [0.717, 1.165) is 31.6 Å². The average Bonchev–Trinajstić information content (AvgIpc) is 2.03. The molecule has 2 heteroatoms. The van der Waals surface area contributed by atoms with Gasteiger partial charge in [0.1, 0.15) is 0 Å². The number of ether oxygens (including phenoxy) is 1. The molecule has 0 bridgehead atoms. The Morgan fingerprint density at radius 2 is 2.18 bits per heavy atom. The number of hydrogen-bond donors (Lipinski definition) is 1. The van der Waals surface area contributed by atoms with E-state index in [1.807, 2.05) is 0 Å². The van der Waals surface area contributed by atoms with Crippen LogP contribution in [-0.4, -0.2) is 13.2 Å². The molecule has 0 atom stereocenters. The smallest absolute Gasteiger partial charge is 0.0917 e. The quantitative estimate of drug-likeness (QED) is 0.473. The Balaban J connectivity index is 3.44. The van der Waals surface area contributed by atoms with E-state index >= 15 is 0 Å². The number of nitrogens with two attached hydrogens (primary N) is 1. The first-order valence-corrected chi connectivity index (χ1v) is 4.37. The molecule has 0 fully saturated rings. The van der Waals surface area contributed by atoms with Crippen LogP contribution in [0.1, 0.15) is 33.1 Å². The normalized spacial score (nSPS) is 11.7. The Labute approximate surface area is 69.4 Å². The van der Waals surface area contributed by atoms with Gasteiger partial charge in [-0.1, -0.05) is 13.8 Å². The standard InChI is InChI=1S/C9H19NO/c1-3-6-9(4-2)11-8-5-7-10/h6H,3-5,7-8,10H2,1-2H3/b9-6+. The molecule has 0 unspecified atom stereocenters. The second kappa shape index (κ2) is 7.61. The van der Waals surface area contributed by atoms with Gasteiger partial charge in [-0.05, 0) is 25.5 Å². The van der Waals surface area contributed by atoms with Crippen molar-refractivity contribution in [2.45, 2.75) is 33.1 Å². The Morgan fingerprint density at radius 1 is 1.45 bits per heavy atom. The zero-order chi connectivity index (χ0) is 8.53. The average molecular weight is 157 g/mol. The molecule has 0 rings (SSSR count). The number of rotatable bonds is 6. The lowest BCUT2D eigenvalue weighted by Crippen LogP contribution is -2.04. The molecule has 0 saturated carbocycles. The fourth-order valence-corrected chi connectivity index (χ4v) is 0.820. The molecule has 0 amide bonds. The minimum atomic E-state index is 0.711. The van der Waals surface area contributed by atoms with Crippen LogP contribution >= 0.6 is 0 Å². The first kappa shape index (κ1) is 10.5. The van der Waals surface area contributed by atoms with Crippen LogP contribution in [0, 0.1) is 0 Å². The van der Waals surface area contributed by atoms with Gasteiger partial charge in [0, 0.05) is 6.42 Å². The number of allylic oxidation sites excluding steroid dienone is 2. The molecule has 0 aliphatic rings. The highest BCUT2D eigenvalue weighted by Gasteiger charge is 1.92. The molecule has 2 N–H and O–H groups in total. The highest BCUT2D eigenvalue weighted by Crippen LogP contribution is 2.04. The second-order valence-corrected chi connectivity index (χ2v) is 2.42. The summed E-state index contributed by atoms with van der Waals surface area (Å²) < 4.78 is 5.45. The molecular weight excluding hydrogens is 138 g/mol. The first-order valence-electron chi connectivity index (χ1n) is 4.37. The molecule has 0 aromatic heterocycles. The van der Waals surface area contributed by atoms with Crippen molar-refractivity contribution < 1.29 is 4.74 Å². The predicted octanol–water partition coefficient (Wildman–Crippen LogP) is 2.06. The van der Waals surface area contributed by atoms with Crippen molar-refractivity contribution >= 4 is 0 Å². The largest absolute Gasteiger partial charge is 0.498 e. The van der Waals surface area contributed by atoms with E-state index in [0.29, 0.717) is 6.54 Å². The Morgan fingerprint density at radius 3 is 2.64 bits per heavy atom. The molecule has 66 valence electrons. The molecule has 0 aromatic carbocycles. The SMILES string of the molecule is CC/C=C(\CC)OCCCN. The van der Waals surface area contributed by atoms with Gasteiger partial charge in [-0.2, -0.15) is 0 Å². The van der Waals surface area contributed by atoms with E-state index in [2.05, 4.69) is 19.9 Å². The summed E-state index contributed by atoms with van der Waals surface area (Å²) in [6, 6.07) is 0. The zero-order valence-electron chi connectivity index (χ0n) is 7.60. The van der Waals surface area contributed by atoms with Crippen molar-refractivity contribution in [2.75, 3.05) is 13.2 Å². The van der Waals surface area contributed by atoms with Crippen molar-refractivity contribution in [3.63, 3.8) is 0 Å². The van der Waals surface area contributed by atoms with Crippen LogP contribution in [0.3, 0.4) is 0 Å². The van der Waals surface area contributed by atoms with Crippen molar-refractivity contribution in [3.05, 3.63) is 11.8 Å². The summed E-state index contributed by atoms with van der Waals surface area (Å²) in [7, 11) is 0. The van der Waals surface area contributed by atoms with Crippen molar-refractivity contribution in [1.29, 1.82) is 0 Å². The van der Waals surface area contributed by atoms with Gasteiger partial charge < -0.3 is 10.5 Å². The van der Waals surface area contributed by atoms with Crippen LogP contribution in [0.5, 0.6) is 0 Å². The van der Waals surface area contributed by atoms with E-state index < -0.39 is 0 Å². The number of hydrogen-bond acceptors (Lipinski definition) is 2. The third-order valence-electron chi connectivity index (χ3n) is 1.42. The fourth-order valence-electron chi connectivity index (χ4n) is 0.820. The van der Waals surface area contributed by atoms with Gasteiger partial charge in [0.05, 0.1) is 12.4 Å². The lowest BCUT2D eigenvalue weighted by Gasteiger charge is -2.06. The molecule has 11 heavy (non-hydrogen) atoms. The van der Waals surface area contributed by atoms with Gasteiger partial charge in [-0.3, -0.25) is 0 Å². The van der Waals surface area contributed by atoms with Crippen molar-refractivity contribution in [1.82, 2.24) is 0 Å². The minimum Gasteiger partial charge on any atom is -0.498 e. The third kappa shape index (κ3) is 5.92. The van der Waals surface area contributed by atoms with Gasteiger partial charge in [0.25, 0.3) is 0 Å². The van der Waals surface area contributed by atoms with E-state index in [4.69, 9.17) is 10.5 Å². The monoisotopic (exact) mass is 157 g/mol. The molecule has 0 heterocycles. The van der Waals surface area contributed by atoms with Gasteiger partial charge in [-0.15, -0.1) is 0 Å². The molecular formula is C9H19NO. The summed E-state index contributed by atoms with van der Waals surface area (Å²) in [5.41, 5.74) is 5.33. The fraction of sp³-hybridized carbons (Fsp3) is 0.778. The van der Waals surface area contributed by atoms with Gasteiger partial charge in [0.2, 0.25) is 0 Å². The van der Waals surface area contributed by atoms with Crippen LogP contribution < -0.4 is 5.73 Å². The predicted molar refractivity (Wildman–Crippen MR) is 48.3 cm³/mol. The van der Waals surface area contributed by atoms with Crippen LogP contribution in [0.25, 0.3) is 0 Å². The molecule has 0 aromatic rings. The summed E-state index contributed by atoms with van der Waals surface area (Å²) >= 11 is 0. The van der Waals surface area contributed by atoms with Crippen LogP contribution in [0.15, 0.2) is 11.8 Å². The lowest BCUT2D eigenvalue weighted by atomic mass is 10.3. The van der Waals surface area contributed by atoms with Gasteiger partial charge in [0.15, 0.2) is 0 Å². The van der Waals surface area contributed by atoms with Crippen LogP contribution in [0.2, 0.25) is 0 Å². The summed E-state index contributed by atoms with van der Waals surface area (Å²) in [6.45, 7) is 5.69. The molecule has 0 radical (unpaired) electrons. The highest BCUT2D eigenvalue weighted by molar-refractivity contribution is 4.90. The van der Waals surface area contributed by atoms with Gasteiger partial charge in [-0.25, -0.2) is 0 Å². The Kier molecular flexibility index (Phi) is 7.26. The summed E-state index contributed by atoms with van der Waals surface area (Å²) in [6.07, 6.45) is 5.10. The van der Waals surface area contributed by atoms with Crippen molar-refractivity contribution in [3.8, 4) is 0 Å². The molecule has 0 spiro atoms. The molecule has 2 nitrogen and oxygen atoms in total. The van der Waals surface area contributed by atoms with E-state index in [-0.39, 0.29) is 0 Å².